The Bertz CT molecular complexity index is 976. The highest BCUT2D eigenvalue weighted by atomic mass is 16.5. The van der Waals surface area contributed by atoms with E-state index in [4.69, 9.17) is 14.9 Å². The van der Waals surface area contributed by atoms with E-state index >= 15 is 0 Å². The Morgan fingerprint density at radius 2 is 1.60 bits per heavy atom. The van der Waals surface area contributed by atoms with E-state index in [1.807, 2.05) is 24.3 Å². The van der Waals surface area contributed by atoms with Gasteiger partial charge in [0.05, 0.1) is 0 Å². The van der Waals surface area contributed by atoms with Gasteiger partial charge in [0, 0.05) is 0 Å². The molecule has 0 aliphatic rings. The number of ether oxygens (including phenoxy) is 1. The van der Waals surface area contributed by atoms with Gasteiger partial charge in [-0.1, -0.05) is 78.3 Å². The van der Waals surface area contributed by atoms with Crippen LogP contribution in [0.5, 0.6) is 5.75 Å². The third-order valence-electron chi connectivity index (χ3n) is 5.17. The lowest BCUT2D eigenvalue weighted by atomic mass is 9.72. The molecule has 0 radical (unpaired) electrons. The van der Waals surface area contributed by atoms with Gasteiger partial charge < -0.3 is 4.74 Å². The largest absolute Gasteiger partial charge is 0.487 e. The summed E-state index contributed by atoms with van der Waals surface area (Å²) in [6.45, 7) is 14.2. The molecule has 4 heteroatoms. The van der Waals surface area contributed by atoms with Crippen molar-refractivity contribution in [3.8, 4) is 11.4 Å². The van der Waals surface area contributed by atoms with Crippen LogP contribution in [0.25, 0.3) is 16.7 Å². The third-order valence-corrected chi connectivity index (χ3v) is 5.17. The number of hydrogen-bond donors (Lipinski definition) is 0. The zero-order chi connectivity index (χ0) is 21.8. The Morgan fingerprint density at radius 3 is 2.20 bits per heavy atom. The van der Waals surface area contributed by atoms with Gasteiger partial charge in [-0.05, 0) is 53.5 Å². The van der Waals surface area contributed by atoms with E-state index in [2.05, 4.69) is 71.9 Å². The van der Waals surface area contributed by atoms with Crippen LogP contribution < -0.4 is 4.74 Å². The number of unbranched alkanes of at least 4 members (excludes halogenated alkanes) is 1. The number of rotatable bonds is 8. The quantitative estimate of drug-likeness (QED) is 0.384. The lowest BCUT2D eigenvalue weighted by Crippen LogP contribution is -2.25. The van der Waals surface area contributed by atoms with Crippen LogP contribution in [0.3, 0.4) is 0 Å². The summed E-state index contributed by atoms with van der Waals surface area (Å²) in [6, 6.07) is 14.4. The second-order valence-electron chi connectivity index (χ2n) is 9.85. The number of allylic oxidation sites excluding steroid dienone is 1. The minimum atomic E-state index is 0.0269. The van der Waals surface area contributed by atoms with Crippen LogP contribution in [0.15, 0.2) is 54.6 Å². The van der Waals surface area contributed by atoms with Crippen LogP contribution >= 0.6 is 0 Å². The van der Waals surface area contributed by atoms with Crippen LogP contribution in [0.1, 0.15) is 66.4 Å². The summed E-state index contributed by atoms with van der Waals surface area (Å²) in [6.07, 6.45) is 7.54. The van der Waals surface area contributed by atoms with E-state index in [1.165, 1.54) is 5.56 Å². The molecule has 3 rings (SSSR count). The summed E-state index contributed by atoms with van der Waals surface area (Å²) >= 11 is 0. The summed E-state index contributed by atoms with van der Waals surface area (Å²) in [5.74, 6) is 0.798. The minimum Gasteiger partial charge on any atom is -0.487 e. The van der Waals surface area contributed by atoms with Crippen LogP contribution in [0.2, 0.25) is 0 Å². The van der Waals surface area contributed by atoms with Gasteiger partial charge in [0.15, 0.2) is 0 Å². The second-order valence-corrected chi connectivity index (χ2v) is 9.85. The Kier molecular flexibility index (Phi) is 6.64. The van der Waals surface area contributed by atoms with Crippen molar-refractivity contribution in [2.45, 2.75) is 66.2 Å². The lowest BCUT2D eigenvalue weighted by molar-refractivity contribution is 0.283. The van der Waals surface area contributed by atoms with Gasteiger partial charge in [-0.15, -0.1) is 15.0 Å². The molecule has 0 N–H and O–H groups in total. The first-order valence-corrected chi connectivity index (χ1v) is 10.9. The van der Waals surface area contributed by atoms with Crippen molar-refractivity contribution < 1.29 is 4.74 Å². The summed E-state index contributed by atoms with van der Waals surface area (Å²) < 4.78 is 6.12. The molecule has 0 bridgehead atoms. The molecule has 0 fully saturated rings. The van der Waals surface area contributed by atoms with Crippen molar-refractivity contribution in [1.82, 2.24) is 15.0 Å². The Balaban J connectivity index is 2.00. The lowest BCUT2D eigenvalue weighted by Gasteiger charge is -2.33. The summed E-state index contributed by atoms with van der Waals surface area (Å²) in [7, 11) is 0. The Morgan fingerprint density at radius 1 is 0.933 bits per heavy atom. The standard InChI is InChI=1S/C26H35N3O/c1-7-8-9-12-17-30-24-16-15-20(26(5,6)19-25(2,3)4)18-23(24)29-27-21-13-10-11-14-22(21)28-29/h9-16,18H,7-8,17,19H2,1-6H3. The van der Waals surface area contributed by atoms with Crippen molar-refractivity contribution in [3.63, 3.8) is 0 Å². The first-order valence-electron chi connectivity index (χ1n) is 10.9. The van der Waals surface area contributed by atoms with E-state index in [0.29, 0.717) is 6.61 Å². The Hall–Kier alpha value is -2.62. The summed E-state index contributed by atoms with van der Waals surface area (Å²) in [5.41, 5.74) is 4.18. The van der Waals surface area contributed by atoms with E-state index < -0.39 is 0 Å². The van der Waals surface area contributed by atoms with Gasteiger partial charge in [-0.3, -0.25) is 0 Å². The van der Waals surface area contributed by atoms with E-state index in [0.717, 1.165) is 41.7 Å². The summed E-state index contributed by atoms with van der Waals surface area (Å²) in [5, 5.41) is 9.41. The number of hydrogen-bond acceptors (Lipinski definition) is 3. The second kappa shape index (κ2) is 9.03. The Labute approximate surface area is 180 Å². The van der Waals surface area contributed by atoms with Gasteiger partial charge in [0.25, 0.3) is 0 Å². The van der Waals surface area contributed by atoms with E-state index in [9.17, 15) is 0 Å². The van der Waals surface area contributed by atoms with Crippen LogP contribution in [0, 0.1) is 5.41 Å². The fourth-order valence-corrected chi connectivity index (χ4v) is 4.10. The third kappa shape index (κ3) is 5.50. The van der Waals surface area contributed by atoms with E-state index in [-0.39, 0.29) is 10.8 Å². The van der Waals surface area contributed by atoms with Gasteiger partial charge in [-0.25, -0.2) is 0 Å². The molecule has 4 nitrogen and oxygen atoms in total. The molecule has 160 valence electrons. The highest BCUT2D eigenvalue weighted by Gasteiger charge is 2.28. The molecular formula is C26H35N3O. The van der Waals surface area contributed by atoms with Gasteiger partial charge in [-0.2, -0.15) is 0 Å². The molecule has 0 saturated heterocycles. The SMILES string of the molecule is CCCC=CCOc1ccc(C(C)(C)CC(C)(C)C)cc1-n1nc2ccccc2n1. The number of nitrogens with zero attached hydrogens (tertiary/aromatic N) is 3. The predicted octanol–water partition coefficient (Wildman–Crippen LogP) is 6.87. The highest BCUT2D eigenvalue weighted by molar-refractivity contribution is 5.73. The molecule has 0 saturated carbocycles. The maximum atomic E-state index is 6.12. The minimum absolute atomic E-state index is 0.0269. The molecular weight excluding hydrogens is 370 g/mol. The number of aromatic nitrogens is 3. The first-order chi connectivity index (χ1) is 14.2. The molecule has 2 aromatic carbocycles. The highest BCUT2D eigenvalue weighted by Crippen LogP contribution is 2.38. The summed E-state index contributed by atoms with van der Waals surface area (Å²) in [4.78, 5) is 1.71. The molecule has 30 heavy (non-hydrogen) atoms. The van der Waals surface area contributed by atoms with Crippen molar-refractivity contribution in [2.75, 3.05) is 6.61 Å². The van der Waals surface area contributed by atoms with E-state index in [1.54, 1.807) is 4.80 Å². The zero-order valence-corrected chi connectivity index (χ0v) is 19.3. The topological polar surface area (TPSA) is 39.9 Å². The number of benzene rings is 2. The van der Waals surface area contributed by atoms with Crippen molar-refractivity contribution in [3.05, 3.63) is 60.2 Å². The molecule has 0 amide bonds. The monoisotopic (exact) mass is 405 g/mol. The maximum absolute atomic E-state index is 6.12. The molecule has 1 aromatic heterocycles. The predicted molar refractivity (Wildman–Crippen MR) is 126 cm³/mol. The molecule has 0 unspecified atom stereocenters. The zero-order valence-electron chi connectivity index (χ0n) is 19.3. The fourth-order valence-electron chi connectivity index (χ4n) is 4.10. The average molecular weight is 406 g/mol. The van der Waals surface area contributed by atoms with Gasteiger partial charge >= 0.3 is 0 Å². The van der Waals surface area contributed by atoms with Crippen LogP contribution in [-0.2, 0) is 5.41 Å². The van der Waals surface area contributed by atoms with Crippen LogP contribution in [-0.4, -0.2) is 21.6 Å². The molecule has 1 heterocycles. The van der Waals surface area contributed by atoms with Gasteiger partial charge in [0.2, 0.25) is 0 Å². The molecule has 3 aromatic rings. The molecule has 0 aliphatic carbocycles. The normalized spacial score (nSPS) is 12.7. The maximum Gasteiger partial charge on any atom is 0.147 e. The fraction of sp³-hybridized carbons (Fsp3) is 0.462. The van der Waals surface area contributed by atoms with Crippen molar-refractivity contribution in [1.29, 1.82) is 0 Å². The van der Waals surface area contributed by atoms with Crippen LogP contribution in [0.4, 0.5) is 0 Å². The molecule has 0 aliphatic heterocycles. The smallest absolute Gasteiger partial charge is 0.147 e. The average Bonchev–Trinajstić information content (AvgIpc) is 3.10. The number of fused-ring (bicyclic) bond motifs is 1. The van der Waals surface area contributed by atoms with Gasteiger partial charge in [0.1, 0.15) is 29.1 Å². The first kappa shape index (κ1) is 22.1. The van der Waals surface area contributed by atoms with Crippen molar-refractivity contribution in [2.24, 2.45) is 5.41 Å². The molecule has 0 atom stereocenters. The molecule has 0 spiro atoms. The van der Waals surface area contributed by atoms with Crippen molar-refractivity contribution >= 4 is 11.0 Å².